The molecule has 2 amide bonds. The van der Waals surface area contributed by atoms with E-state index in [4.69, 9.17) is 16.7 Å². The average molecular weight is 483 g/mol. The van der Waals surface area contributed by atoms with Gasteiger partial charge in [0.2, 0.25) is 0 Å². The summed E-state index contributed by atoms with van der Waals surface area (Å²) in [7, 11) is 1.89. The van der Waals surface area contributed by atoms with Crippen molar-refractivity contribution in [2.75, 3.05) is 25.5 Å². The number of carbonyl (C=O) groups excluding carboxylic acids is 2. The first-order chi connectivity index (χ1) is 16.4. The Hall–Kier alpha value is -3.59. The van der Waals surface area contributed by atoms with Crippen molar-refractivity contribution in [1.82, 2.24) is 10.3 Å². The molecule has 0 aliphatic rings. The Morgan fingerprint density at radius 1 is 1.09 bits per heavy atom. The number of hydrogen-bond donors (Lipinski definition) is 3. The fourth-order valence-corrected chi connectivity index (χ4v) is 3.32. The monoisotopic (exact) mass is 482 g/mol. The summed E-state index contributed by atoms with van der Waals surface area (Å²) in [6.45, 7) is 1.26. The van der Waals surface area contributed by atoms with Crippen molar-refractivity contribution in [3.63, 3.8) is 0 Å². The van der Waals surface area contributed by atoms with Crippen LogP contribution in [0.1, 0.15) is 31.8 Å². The van der Waals surface area contributed by atoms with Crippen LogP contribution in [-0.4, -0.2) is 48.2 Å². The van der Waals surface area contributed by atoms with Crippen LogP contribution in [0.25, 0.3) is 0 Å². The second-order valence-corrected chi connectivity index (χ2v) is 7.99. The number of halogens is 2. The lowest BCUT2D eigenvalue weighted by Gasteiger charge is -2.15. The standard InChI is InChI=1S/C25H24ClFN4O3/c1-31(11-12-32)16-17-5-7-19(8-6-17)24(33)29-23-10-9-20(26)14-22(23)25(34)30-28-15-18-3-2-4-21(27)13-18/h2-10,13-15,32H,11-12,16H2,1H3,(H,29,33)(H,30,34). The number of likely N-dealkylation sites (N-methyl/N-ethyl adjacent to an activating group) is 1. The third kappa shape index (κ3) is 7.21. The Labute approximate surface area is 201 Å². The van der Waals surface area contributed by atoms with E-state index in [0.29, 0.717) is 29.2 Å². The highest BCUT2D eigenvalue weighted by Gasteiger charge is 2.15. The van der Waals surface area contributed by atoms with Gasteiger partial charge >= 0.3 is 0 Å². The van der Waals surface area contributed by atoms with Crippen LogP contribution in [0, 0.1) is 5.82 Å². The quantitative estimate of drug-likeness (QED) is 0.318. The third-order valence-electron chi connectivity index (χ3n) is 4.85. The maximum atomic E-state index is 13.3. The fourth-order valence-electron chi connectivity index (χ4n) is 3.14. The number of hydrazone groups is 1. The second kappa shape index (κ2) is 12.0. The van der Waals surface area contributed by atoms with Crippen LogP contribution < -0.4 is 10.7 Å². The van der Waals surface area contributed by atoms with Crippen LogP contribution in [0.15, 0.2) is 71.8 Å². The molecule has 0 saturated heterocycles. The zero-order valence-electron chi connectivity index (χ0n) is 18.5. The number of anilines is 1. The molecule has 34 heavy (non-hydrogen) atoms. The predicted octanol–water partition coefficient (Wildman–Crippen LogP) is 3.92. The summed E-state index contributed by atoms with van der Waals surface area (Å²) in [6, 6.07) is 17.3. The van der Waals surface area contributed by atoms with E-state index in [2.05, 4.69) is 15.8 Å². The molecule has 0 aromatic heterocycles. The molecular weight excluding hydrogens is 459 g/mol. The Balaban J connectivity index is 1.69. The van der Waals surface area contributed by atoms with Gasteiger partial charge in [-0.25, -0.2) is 9.82 Å². The zero-order valence-corrected chi connectivity index (χ0v) is 19.2. The normalized spacial score (nSPS) is 11.1. The molecule has 176 valence electrons. The summed E-state index contributed by atoms with van der Waals surface area (Å²) in [5.74, 6) is -1.40. The highest BCUT2D eigenvalue weighted by molar-refractivity contribution is 6.31. The van der Waals surface area contributed by atoms with E-state index in [-0.39, 0.29) is 17.9 Å². The van der Waals surface area contributed by atoms with Crippen molar-refractivity contribution in [2.24, 2.45) is 5.10 Å². The number of amides is 2. The molecule has 0 aliphatic carbocycles. The van der Waals surface area contributed by atoms with E-state index >= 15 is 0 Å². The summed E-state index contributed by atoms with van der Waals surface area (Å²) in [5.41, 5.74) is 4.64. The number of nitrogens with zero attached hydrogens (tertiary/aromatic N) is 2. The smallest absolute Gasteiger partial charge is 0.273 e. The van der Waals surface area contributed by atoms with Gasteiger partial charge in [-0.05, 0) is 60.6 Å². The third-order valence-corrected chi connectivity index (χ3v) is 5.09. The molecule has 0 spiro atoms. The van der Waals surface area contributed by atoms with E-state index in [1.807, 2.05) is 24.1 Å². The van der Waals surface area contributed by atoms with Crippen LogP contribution in [0.2, 0.25) is 5.02 Å². The molecule has 0 radical (unpaired) electrons. The van der Waals surface area contributed by atoms with Gasteiger partial charge in [0, 0.05) is 23.7 Å². The number of nitrogens with one attached hydrogen (secondary N) is 2. The Morgan fingerprint density at radius 3 is 2.56 bits per heavy atom. The minimum Gasteiger partial charge on any atom is -0.395 e. The number of benzene rings is 3. The highest BCUT2D eigenvalue weighted by Crippen LogP contribution is 2.22. The van der Waals surface area contributed by atoms with Gasteiger partial charge in [0.1, 0.15) is 5.82 Å². The molecule has 3 aromatic rings. The molecule has 9 heteroatoms. The number of hydrogen-bond acceptors (Lipinski definition) is 5. The maximum absolute atomic E-state index is 13.3. The summed E-state index contributed by atoms with van der Waals surface area (Å²) >= 11 is 6.05. The van der Waals surface area contributed by atoms with Gasteiger partial charge in [-0.1, -0.05) is 35.9 Å². The molecule has 3 aromatic carbocycles. The molecular formula is C25H24ClFN4O3. The van der Waals surface area contributed by atoms with E-state index < -0.39 is 17.6 Å². The Morgan fingerprint density at radius 2 is 1.85 bits per heavy atom. The van der Waals surface area contributed by atoms with Gasteiger partial charge in [0.25, 0.3) is 11.8 Å². The number of carbonyl (C=O) groups is 2. The summed E-state index contributed by atoms with van der Waals surface area (Å²) < 4.78 is 13.3. The van der Waals surface area contributed by atoms with Crippen molar-refractivity contribution in [2.45, 2.75) is 6.54 Å². The summed E-state index contributed by atoms with van der Waals surface area (Å²) in [6.07, 6.45) is 1.31. The largest absolute Gasteiger partial charge is 0.395 e. The lowest BCUT2D eigenvalue weighted by molar-refractivity contribution is 0.0956. The van der Waals surface area contributed by atoms with Crippen molar-refractivity contribution >= 4 is 35.3 Å². The first-order valence-corrected chi connectivity index (χ1v) is 10.8. The second-order valence-electron chi connectivity index (χ2n) is 7.56. The SMILES string of the molecule is CN(CCO)Cc1ccc(C(=O)Nc2ccc(Cl)cc2C(=O)NN=Cc2cccc(F)c2)cc1. The molecule has 0 aliphatic heterocycles. The minimum atomic E-state index is -0.590. The molecule has 7 nitrogen and oxygen atoms in total. The first kappa shape index (κ1) is 25.0. The lowest BCUT2D eigenvalue weighted by Crippen LogP contribution is -2.22. The topological polar surface area (TPSA) is 94.0 Å². The average Bonchev–Trinajstić information content (AvgIpc) is 2.81. The number of rotatable bonds is 9. The Kier molecular flexibility index (Phi) is 8.86. The molecule has 3 N–H and O–H groups in total. The zero-order chi connectivity index (χ0) is 24.5. The molecule has 0 atom stereocenters. The van der Waals surface area contributed by atoms with E-state index in [0.717, 1.165) is 5.56 Å². The van der Waals surface area contributed by atoms with E-state index in [1.165, 1.54) is 36.5 Å². The molecule has 0 saturated carbocycles. The van der Waals surface area contributed by atoms with E-state index in [1.54, 1.807) is 24.3 Å². The van der Waals surface area contributed by atoms with Crippen LogP contribution in [-0.2, 0) is 6.54 Å². The van der Waals surface area contributed by atoms with Crippen LogP contribution >= 0.6 is 11.6 Å². The van der Waals surface area contributed by atoms with Gasteiger partial charge in [-0.2, -0.15) is 5.10 Å². The van der Waals surface area contributed by atoms with Crippen molar-refractivity contribution in [3.8, 4) is 0 Å². The molecule has 0 heterocycles. The molecule has 0 fully saturated rings. The van der Waals surface area contributed by atoms with E-state index in [9.17, 15) is 14.0 Å². The van der Waals surface area contributed by atoms with Crippen molar-refractivity contribution < 1.29 is 19.1 Å². The molecule has 0 bridgehead atoms. The van der Waals surface area contributed by atoms with Gasteiger partial charge in [-0.15, -0.1) is 0 Å². The number of aliphatic hydroxyl groups excluding tert-OH is 1. The molecule has 0 unspecified atom stereocenters. The van der Waals surface area contributed by atoms with Gasteiger partial charge in [0.05, 0.1) is 24.1 Å². The highest BCUT2D eigenvalue weighted by atomic mass is 35.5. The fraction of sp³-hybridized carbons (Fsp3) is 0.160. The summed E-state index contributed by atoms with van der Waals surface area (Å²) in [4.78, 5) is 27.4. The lowest BCUT2D eigenvalue weighted by atomic mass is 10.1. The minimum absolute atomic E-state index is 0.0735. The van der Waals surface area contributed by atoms with Crippen molar-refractivity contribution in [1.29, 1.82) is 0 Å². The van der Waals surface area contributed by atoms with Crippen LogP contribution in [0.3, 0.4) is 0 Å². The van der Waals surface area contributed by atoms with Crippen molar-refractivity contribution in [3.05, 3.63) is 99.8 Å². The summed E-state index contributed by atoms with van der Waals surface area (Å²) in [5, 5.41) is 15.9. The number of aliphatic hydroxyl groups is 1. The van der Waals surface area contributed by atoms with Gasteiger partial charge in [0.15, 0.2) is 0 Å². The predicted molar refractivity (Wildman–Crippen MR) is 131 cm³/mol. The molecule has 3 rings (SSSR count). The Bertz CT molecular complexity index is 1190. The maximum Gasteiger partial charge on any atom is 0.273 e. The van der Waals surface area contributed by atoms with Gasteiger partial charge in [-0.3, -0.25) is 14.5 Å². The van der Waals surface area contributed by atoms with Gasteiger partial charge < -0.3 is 10.4 Å². The first-order valence-electron chi connectivity index (χ1n) is 10.4. The van der Waals surface area contributed by atoms with Crippen LogP contribution in [0.4, 0.5) is 10.1 Å². The van der Waals surface area contributed by atoms with Crippen LogP contribution in [0.5, 0.6) is 0 Å².